The minimum Gasteiger partial charge on any atom is -0.458 e. The number of pyridine rings is 1. The van der Waals surface area contributed by atoms with Gasteiger partial charge >= 0.3 is 0 Å². The number of ether oxygens (including phenoxy) is 1. The van der Waals surface area contributed by atoms with Gasteiger partial charge in [0.25, 0.3) is 6.33 Å². The maximum Gasteiger partial charge on any atom is 0.269 e. The highest BCUT2D eigenvalue weighted by molar-refractivity contribution is 6.24. The van der Waals surface area contributed by atoms with Gasteiger partial charge in [0.15, 0.2) is 0 Å². The molecule has 14 rings (SSSR count). The first-order chi connectivity index (χ1) is 34.9. The van der Waals surface area contributed by atoms with Gasteiger partial charge in [-0.1, -0.05) is 142 Å². The number of benzene rings is 9. The fourth-order valence-electron chi connectivity index (χ4n) is 11.0. The Balaban J connectivity index is 0.976. The quantitative estimate of drug-likeness (QED) is 0.118. The van der Waals surface area contributed by atoms with Crippen molar-refractivity contribution >= 4 is 76.5 Å². The average molecular weight is 915 g/mol. The first kappa shape index (κ1) is 40.8. The van der Waals surface area contributed by atoms with E-state index in [2.05, 4.69) is 262 Å². The number of rotatable bonds is 7. The van der Waals surface area contributed by atoms with Crippen molar-refractivity contribution in [1.29, 1.82) is 0 Å². The molecular formula is C64H46N6O. The van der Waals surface area contributed by atoms with Crippen LogP contribution in [0.2, 0.25) is 0 Å². The second-order valence-electron chi connectivity index (χ2n) is 19.4. The van der Waals surface area contributed by atoms with Crippen LogP contribution in [-0.4, -0.2) is 23.3 Å². The second-order valence-corrected chi connectivity index (χ2v) is 19.4. The maximum absolute atomic E-state index is 6.85. The molecule has 0 N–H and O–H groups in total. The van der Waals surface area contributed by atoms with Gasteiger partial charge in [0, 0.05) is 56.0 Å². The van der Waals surface area contributed by atoms with Gasteiger partial charge in [-0.3, -0.25) is 13.7 Å². The zero-order chi connectivity index (χ0) is 47.4. The van der Waals surface area contributed by atoms with Gasteiger partial charge in [-0.25, -0.2) is 4.98 Å². The van der Waals surface area contributed by atoms with Crippen LogP contribution in [0.3, 0.4) is 0 Å². The van der Waals surface area contributed by atoms with Crippen LogP contribution in [0.5, 0.6) is 11.5 Å². The van der Waals surface area contributed by atoms with Gasteiger partial charge in [0.05, 0.1) is 55.5 Å². The number of fused-ring (bicyclic) bond motifs is 10. The van der Waals surface area contributed by atoms with E-state index in [1.165, 1.54) is 21.7 Å². The molecule has 14 aromatic rings. The van der Waals surface area contributed by atoms with Crippen molar-refractivity contribution in [3.8, 4) is 40.1 Å². The van der Waals surface area contributed by atoms with Crippen LogP contribution in [0.1, 0.15) is 26.3 Å². The largest absolute Gasteiger partial charge is 0.458 e. The molecule has 0 aliphatic rings. The van der Waals surface area contributed by atoms with Gasteiger partial charge in [-0.15, -0.1) is 0 Å². The molecule has 71 heavy (non-hydrogen) atoms. The molecular weight excluding hydrogens is 869 g/mol. The topological polar surface area (TPSA) is 45.7 Å². The van der Waals surface area contributed by atoms with E-state index in [1.807, 2.05) is 12.3 Å². The normalized spacial score (nSPS) is 12.2. The van der Waals surface area contributed by atoms with E-state index in [0.29, 0.717) is 0 Å². The van der Waals surface area contributed by atoms with Crippen LogP contribution < -0.4 is 9.30 Å². The molecule has 0 saturated heterocycles. The summed E-state index contributed by atoms with van der Waals surface area (Å²) in [6.07, 6.45) is 5.87. The maximum atomic E-state index is 6.85. The summed E-state index contributed by atoms with van der Waals surface area (Å²) in [7, 11) is 0. The molecule has 0 unspecified atom stereocenters. The molecule has 338 valence electrons. The summed E-state index contributed by atoms with van der Waals surface area (Å²) in [5, 5.41) is 6.96. The molecule has 0 fully saturated rings. The van der Waals surface area contributed by atoms with Gasteiger partial charge in [0.1, 0.15) is 17.3 Å². The molecule has 0 bridgehead atoms. The summed E-state index contributed by atoms with van der Waals surface area (Å²) < 4.78 is 18.4. The molecule has 0 amide bonds. The average Bonchev–Trinajstić information content (AvgIpc) is 4.16. The first-order valence-corrected chi connectivity index (χ1v) is 24.2. The Kier molecular flexibility index (Phi) is 9.01. The summed E-state index contributed by atoms with van der Waals surface area (Å²) in [6, 6.07) is 77.6. The third-order valence-corrected chi connectivity index (χ3v) is 14.2. The summed E-state index contributed by atoms with van der Waals surface area (Å²) in [4.78, 5) is 4.91. The molecule has 0 spiro atoms. The highest BCUT2D eigenvalue weighted by atomic mass is 16.5. The first-order valence-electron chi connectivity index (χ1n) is 24.2. The molecule has 0 aliphatic carbocycles. The minimum atomic E-state index is -0.0252. The van der Waals surface area contributed by atoms with Crippen LogP contribution in [0.25, 0.3) is 105 Å². The van der Waals surface area contributed by atoms with Crippen molar-refractivity contribution in [3.63, 3.8) is 0 Å². The van der Waals surface area contributed by atoms with E-state index in [-0.39, 0.29) is 5.41 Å². The number of hydrogen-bond donors (Lipinski definition) is 0. The van der Waals surface area contributed by atoms with Gasteiger partial charge in [-0.05, 0) is 102 Å². The fraction of sp³-hybridized carbons (Fsp3) is 0.0625. The predicted octanol–water partition coefficient (Wildman–Crippen LogP) is 15.5. The molecule has 0 saturated carbocycles. The predicted molar refractivity (Wildman–Crippen MR) is 290 cm³/mol. The van der Waals surface area contributed by atoms with Gasteiger partial charge in [-0.2, -0.15) is 0 Å². The molecule has 0 atom stereocenters. The Hall–Kier alpha value is -9.20. The van der Waals surface area contributed by atoms with Crippen molar-refractivity contribution in [2.24, 2.45) is 0 Å². The fourth-order valence-corrected chi connectivity index (χ4v) is 11.0. The number of hydrogen-bond acceptors (Lipinski definition) is 2. The number of imidazole rings is 1. The lowest BCUT2D eigenvalue weighted by Crippen LogP contribution is -2.30. The Morgan fingerprint density at radius 2 is 0.958 bits per heavy atom. The number of para-hydroxylation sites is 7. The third-order valence-electron chi connectivity index (χ3n) is 14.2. The van der Waals surface area contributed by atoms with E-state index in [4.69, 9.17) is 9.72 Å². The third kappa shape index (κ3) is 6.36. The van der Waals surface area contributed by atoms with Crippen molar-refractivity contribution in [1.82, 2.24) is 23.3 Å². The van der Waals surface area contributed by atoms with Crippen LogP contribution in [-0.2, 0) is 5.41 Å². The molecule has 5 heterocycles. The lowest BCUT2D eigenvalue weighted by Gasteiger charge is -2.20. The lowest BCUT2D eigenvalue weighted by molar-refractivity contribution is -0.569. The highest BCUT2D eigenvalue weighted by Crippen LogP contribution is 2.44. The molecule has 0 aliphatic heterocycles. The Morgan fingerprint density at radius 1 is 0.423 bits per heavy atom. The van der Waals surface area contributed by atoms with E-state index in [0.717, 1.165) is 100 Å². The van der Waals surface area contributed by atoms with E-state index in [1.54, 1.807) is 0 Å². The second kappa shape index (κ2) is 15.7. The van der Waals surface area contributed by atoms with E-state index in [9.17, 15) is 0 Å². The smallest absolute Gasteiger partial charge is 0.269 e. The molecule has 9 aromatic carbocycles. The Labute approximate surface area is 409 Å². The number of nitrogens with zero attached hydrogens (tertiary/aromatic N) is 6. The summed E-state index contributed by atoms with van der Waals surface area (Å²) in [5.74, 6) is 2.34. The lowest BCUT2D eigenvalue weighted by atomic mass is 9.88. The molecule has 7 heteroatoms. The Morgan fingerprint density at radius 3 is 1.61 bits per heavy atom. The summed E-state index contributed by atoms with van der Waals surface area (Å²) in [5.41, 5.74) is 14.1. The van der Waals surface area contributed by atoms with Crippen molar-refractivity contribution < 1.29 is 9.30 Å². The van der Waals surface area contributed by atoms with Gasteiger partial charge in [0.2, 0.25) is 0 Å². The summed E-state index contributed by atoms with van der Waals surface area (Å²) in [6.45, 7) is 6.72. The van der Waals surface area contributed by atoms with Crippen molar-refractivity contribution in [2.75, 3.05) is 0 Å². The standard InChI is InChI=1S/C64H46N6O/c1-64(2,3)42-35-36-65-60(37-42)70-52-28-13-10-25-48(52)49-34-33-47(39-57(49)70)71-46-24-18-23-45(38-46)66-41-67(56-32-17-16-31-55(56)66)63-61-50-26-11-14-29-53(50)68(43-19-6-4-7-20-43)58(61)40-59-62(63)51-27-12-15-30-54(51)69(59)44-21-8-5-9-22-44/h4-40H,1-3H3. The Bertz CT molecular complexity index is 4280. The molecule has 0 radical (unpaired) electrons. The van der Waals surface area contributed by atoms with Crippen molar-refractivity contribution in [2.45, 2.75) is 26.2 Å². The highest BCUT2D eigenvalue weighted by Gasteiger charge is 2.26. The van der Waals surface area contributed by atoms with Crippen LogP contribution in [0.15, 0.2) is 225 Å². The van der Waals surface area contributed by atoms with Gasteiger partial charge < -0.3 is 13.9 Å². The minimum absolute atomic E-state index is 0.0252. The summed E-state index contributed by atoms with van der Waals surface area (Å²) >= 11 is 0. The van der Waals surface area contributed by atoms with E-state index >= 15 is 0 Å². The number of aromatic nitrogens is 6. The van der Waals surface area contributed by atoms with Crippen LogP contribution in [0, 0.1) is 6.33 Å². The van der Waals surface area contributed by atoms with Crippen LogP contribution in [0.4, 0.5) is 0 Å². The zero-order valence-electron chi connectivity index (χ0n) is 39.5. The van der Waals surface area contributed by atoms with Crippen LogP contribution >= 0.6 is 0 Å². The SMILES string of the molecule is CC(C)(C)c1ccnc(-n2c3ccccc3c3ccc(Oc4cccc(-n5[c-][n+](-c6c7c8ccccc8n(-c8ccccc8)c7cc7c6c6ccccc6n7-c6ccccc6)c6ccccc65)c4)cc32)c1. The van der Waals surface area contributed by atoms with E-state index < -0.39 is 0 Å². The molecule has 7 nitrogen and oxygen atoms in total. The molecule has 5 aromatic heterocycles. The van der Waals surface area contributed by atoms with Crippen molar-refractivity contribution in [3.05, 3.63) is 236 Å². The monoisotopic (exact) mass is 914 g/mol. The zero-order valence-corrected chi connectivity index (χ0v) is 39.5.